The largest absolute Gasteiger partial charge is 0.497 e. The number of rotatable bonds is 5. The summed E-state index contributed by atoms with van der Waals surface area (Å²) >= 11 is 0. The molecule has 2 amide bonds. The number of hydrogen-bond acceptors (Lipinski definition) is 4. The van der Waals surface area contributed by atoms with Crippen LogP contribution in [0.1, 0.15) is 44.1 Å². The zero-order valence-electron chi connectivity index (χ0n) is 17.6. The number of carbonyl (C=O) groups is 2. The van der Waals surface area contributed by atoms with Gasteiger partial charge in [-0.05, 0) is 56.5 Å². The molecule has 29 heavy (non-hydrogen) atoms. The number of hydrogen-bond donors (Lipinski definition) is 0. The van der Waals surface area contributed by atoms with Gasteiger partial charge in [0, 0.05) is 26.2 Å². The number of amides is 2. The lowest BCUT2D eigenvalue weighted by atomic mass is 9.71. The molecular weight excluding hydrogens is 366 g/mol. The zero-order chi connectivity index (χ0) is 20.3. The average Bonchev–Trinajstić information content (AvgIpc) is 3.03. The van der Waals surface area contributed by atoms with Gasteiger partial charge in [-0.3, -0.25) is 14.5 Å². The molecule has 0 aliphatic carbocycles. The zero-order valence-corrected chi connectivity index (χ0v) is 17.6. The molecule has 0 radical (unpaired) electrons. The minimum Gasteiger partial charge on any atom is -0.497 e. The third kappa shape index (κ3) is 4.42. The predicted octanol–water partition coefficient (Wildman–Crippen LogP) is 2.52. The van der Waals surface area contributed by atoms with E-state index in [0.29, 0.717) is 13.1 Å². The molecule has 0 unspecified atom stereocenters. The Labute approximate surface area is 173 Å². The Morgan fingerprint density at radius 1 is 1.00 bits per heavy atom. The van der Waals surface area contributed by atoms with Gasteiger partial charge >= 0.3 is 0 Å². The van der Waals surface area contributed by atoms with Gasteiger partial charge in [0.1, 0.15) is 5.75 Å². The molecule has 3 saturated heterocycles. The fraction of sp³-hybridized carbons (Fsp3) is 0.652. The first kappa shape index (κ1) is 20.2. The minimum atomic E-state index is -0.230. The molecule has 3 aliphatic heterocycles. The number of carbonyl (C=O) groups excluding carboxylic acids is 2. The molecule has 6 heteroatoms. The SMILES string of the molecule is COc1ccc(CN2CC3(CCN(C(=O)CN4CCCCCC4)CC3)C2=O)cc1. The van der Waals surface area contributed by atoms with Crippen molar-refractivity contribution < 1.29 is 14.3 Å². The Bertz CT molecular complexity index is 717. The third-order valence-electron chi connectivity index (χ3n) is 6.90. The highest BCUT2D eigenvalue weighted by Gasteiger charge is 2.53. The van der Waals surface area contributed by atoms with Gasteiger partial charge in [-0.25, -0.2) is 0 Å². The van der Waals surface area contributed by atoms with Gasteiger partial charge in [0.15, 0.2) is 0 Å². The number of likely N-dealkylation sites (tertiary alicyclic amines) is 3. The number of ether oxygens (including phenoxy) is 1. The Morgan fingerprint density at radius 2 is 1.66 bits per heavy atom. The molecule has 0 saturated carbocycles. The maximum Gasteiger partial charge on any atom is 0.236 e. The minimum absolute atomic E-state index is 0.230. The summed E-state index contributed by atoms with van der Waals surface area (Å²) in [4.78, 5) is 31.8. The van der Waals surface area contributed by atoms with Crippen LogP contribution in [0.25, 0.3) is 0 Å². The normalized spacial score (nSPS) is 22.3. The second-order valence-electron chi connectivity index (χ2n) is 8.86. The quantitative estimate of drug-likeness (QED) is 0.714. The Hall–Kier alpha value is -2.08. The van der Waals surface area contributed by atoms with E-state index < -0.39 is 0 Å². The maximum absolute atomic E-state index is 12.9. The van der Waals surface area contributed by atoms with Crippen molar-refractivity contribution in [2.24, 2.45) is 5.41 Å². The van der Waals surface area contributed by atoms with E-state index in [2.05, 4.69) is 4.90 Å². The Kier molecular flexibility index (Phi) is 6.09. The molecule has 158 valence electrons. The van der Waals surface area contributed by atoms with Crippen molar-refractivity contribution in [2.75, 3.05) is 46.4 Å². The van der Waals surface area contributed by atoms with Gasteiger partial charge in [0.2, 0.25) is 11.8 Å². The van der Waals surface area contributed by atoms with Crippen LogP contribution in [0.4, 0.5) is 0 Å². The number of methoxy groups -OCH3 is 1. The summed E-state index contributed by atoms with van der Waals surface area (Å²) in [6, 6.07) is 7.90. The lowest BCUT2D eigenvalue weighted by molar-refractivity contribution is -0.168. The predicted molar refractivity (Wildman–Crippen MR) is 112 cm³/mol. The molecule has 1 aromatic carbocycles. The van der Waals surface area contributed by atoms with Gasteiger partial charge in [0.05, 0.1) is 19.1 Å². The number of benzene rings is 1. The topological polar surface area (TPSA) is 53.1 Å². The number of β-lactam (4-membered cyclic amide) rings is 1. The van der Waals surface area contributed by atoms with Crippen molar-refractivity contribution >= 4 is 11.8 Å². The summed E-state index contributed by atoms with van der Waals surface area (Å²) in [5, 5.41) is 0. The van der Waals surface area contributed by atoms with Crippen LogP contribution in [0, 0.1) is 5.41 Å². The molecule has 1 aromatic rings. The van der Waals surface area contributed by atoms with Crippen LogP contribution in [0.3, 0.4) is 0 Å². The van der Waals surface area contributed by atoms with E-state index in [1.54, 1.807) is 7.11 Å². The van der Waals surface area contributed by atoms with E-state index in [1.165, 1.54) is 25.7 Å². The van der Waals surface area contributed by atoms with E-state index >= 15 is 0 Å². The van der Waals surface area contributed by atoms with Crippen LogP contribution in [0.2, 0.25) is 0 Å². The summed E-state index contributed by atoms with van der Waals surface area (Å²) in [7, 11) is 1.66. The van der Waals surface area contributed by atoms with Crippen LogP contribution >= 0.6 is 0 Å². The molecule has 3 aliphatic rings. The van der Waals surface area contributed by atoms with Crippen LogP contribution < -0.4 is 4.74 Å². The molecule has 0 bridgehead atoms. The van der Waals surface area contributed by atoms with Crippen molar-refractivity contribution in [3.05, 3.63) is 29.8 Å². The summed E-state index contributed by atoms with van der Waals surface area (Å²) in [6.45, 7) is 5.53. The van der Waals surface area contributed by atoms with Crippen LogP contribution in [-0.4, -0.2) is 72.9 Å². The summed E-state index contributed by atoms with van der Waals surface area (Å²) < 4.78 is 5.19. The molecule has 6 nitrogen and oxygen atoms in total. The second kappa shape index (κ2) is 8.74. The number of nitrogens with zero attached hydrogens (tertiary/aromatic N) is 3. The molecule has 0 atom stereocenters. The lowest BCUT2D eigenvalue weighted by Crippen LogP contribution is -2.64. The van der Waals surface area contributed by atoms with Crippen LogP contribution in [0.15, 0.2) is 24.3 Å². The van der Waals surface area contributed by atoms with E-state index in [4.69, 9.17) is 4.74 Å². The van der Waals surface area contributed by atoms with Gasteiger partial charge in [-0.1, -0.05) is 25.0 Å². The highest BCUT2D eigenvalue weighted by Crippen LogP contribution is 2.42. The molecule has 3 fully saturated rings. The average molecular weight is 400 g/mol. The first-order chi connectivity index (χ1) is 14.1. The van der Waals surface area contributed by atoms with Gasteiger partial charge in [0.25, 0.3) is 0 Å². The molecular formula is C23H33N3O3. The number of piperidine rings is 1. The third-order valence-corrected chi connectivity index (χ3v) is 6.90. The molecule has 3 heterocycles. The smallest absolute Gasteiger partial charge is 0.236 e. The maximum atomic E-state index is 12.9. The van der Waals surface area contributed by atoms with E-state index in [-0.39, 0.29) is 17.2 Å². The van der Waals surface area contributed by atoms with Gasteiger partial charge < -0.3 is 14.5 Å². The van der Waals surface area contributed by atoms with Crippen molar-refractivity contribution in [1.82, 2.24) is 14.7 Å². The highest BCUT2D eigenvalue weighted by molar-refractivity contribution is 5.89. The van der Waals surface area contributed by atoms with Crippen molar-refractivity contribution in [3.8, 4) is 5.75 Å². The fourth-order valence-electron chi connectivity index (χ4n) is 4.97. The standard InChI is InChI=1S/C23H33N3O3/c1-29-20-8-6-19(7-9-20)16-26-18-23(22(26)28)10-14-25(15-11-23)21(27)17-24-12-4-2-3-5-13-24/h6-9H,2-5,10-18H2,1H3. The van der Waals surface area contributed by atoms with Crippen molar-refractivity contribution in [1.29, 1.82) is 0 Å². The summed E-state index contributed by atoms with van der Waals surface area (Å²) in [5.41, 5.74) is 0.894. The van der Waals surface area contributed by atoms with Crippen LogP contribution in [0.5, 0.6) is 5.75 Å². The fourth-order valence-corrected chi connectivity index (χ4v) is 4.97. The first-order valence-electron chi connectivity index (χ1n) is 11.0. The lowest BCUT2D eigenvalue weighted by Gasteiger charge is -2.52. The van der Waals surface area contributed by atoms with E-state index in [1.807, 2.05) is 34.1 Å². The second-order valence-corrected chi connectivity index (χ2v) is 8.86. The van der Waals surface area contributed by atoms with Crippen molar-refractivity contribution in [2.45, 2.75) is 45.1 Å². The van der Waals surface area contributed by atoms with E-state index in [9.17, 15) is 9.59 Å². The summed E-state index contributed by atoms with van der Waals surface area (Å²) in [5.74, 6) is 1.33. The molecule has 4 rings (SSSR count). The molecule has 0 aromatic heterocycles. The monoisotopic (exact) mass is 399 g/mol. The first-order valence-corrected chi connectivity index (χ1v) is 11.0. The molecule has 1 spiro atoms. The Morgan fingerprint density at radius 3 is 2.24 bits per heavy atom. The van der Waals surface area contributed by atoms with Crippen molar-refractivity contribution in [3.63, 3.8) is 0 Å². The van der Waals surface area contributed by atoms with Gasteiger partial charge in [-0.15, -0.1) is 0 Å². The Balaban J connectivity index is 1.24. The summed E-state index contributed by atoms with van der Waals surface area (Å²) in [6.07, 6.45) is 6.58. The van der Waals surface area contributed by atoms with Gasteiger partial charge in [-0.2, -0.15) is 0 Å². The molecule has 0 N–H and O–H groups in total. The highest BCUT2D eigenvalue weighted by atomic mass is 16.5. The van der Waals surface area contributed by atoms with Crippen LogP contribution in [-0.2, 0) is 16.1 Å². The van der Waals surface area contributed by atoms with E-state index in [0.717, 1.165) is 56.9 Å².